The molecule has 8 heteroatoms. The number of benzene rings is 1. The highest BCUT2D eigenvalue weighted by molar-refractivity contribution is 7.99. The minimum absolute atomic E-state index is 0.257. The number of amides is 1. The van der Waals surface area contributed by atoms with Gasteiger partial charge in [-0.05, 0) is 26.0 Å². The predicted octanol–water partition coefficient (Wildman–Crippen LogP) is 2.61. The van der Waals surface area contributed by atoms with Gasteiger partial charge in [-0.1, -0.05) is 29.5 Å². The molecule has 1 aromatic carbocycles. The molecule has 7 nitrogen and oxygen atoms in total. The van der Waals surface area contributed by atoms with Gasteiger partial charge < -0.3 is 5.32 Å². The van der Waals surface area contributed by atoms with Crippen LogP contribution in [-0.4, -0.2) is 31.2 Å². The Bertz CT molecular complexity index is 942. The van der Waals surface area contributed by atoms with Crippen LogP contribution in [-0.2, 0) is 0 Å². The number of nitrogens with zero attached hydrogens (tertiary/aromatic N) is 5. The molecule has 0 spiro atoms. The van der Waals surface area contributed by atoms with Gasteiger partial charge in [0.2, 0.25) is 5.16 Å². The second-order valence-corrected chi connectivity index (χ2v) is 6.07. The molecule has 24 heavy (non-hydrogen) atoms. The van der Waals surface area contributed by atoms with Crippen molar-refractivity contribution in [3.8, 4) is 6.07 Å². The normalized spacial score (nSPS) is 10.5. The molecule has 0 radical (unpaired) electrons. The molecule has 2 heterocycles. The number of anilines is 1. The Morgan fingerprint density at radius 2 is 2.08 bits per heavy atom. The molecule has 0 saturated carbocycles. The largest absolute Gasteiger partial charge is 0.322 e. The zero-order valence-corrected chi connectivity index (χ0v) is 14.0. The Balaban J connectivity index is 1.88. The number of aromatic nitrogens is 4. The van der Waals surface area contributed by atoms with E-state index in [4.69, 9.17) is 5.26 Å². The van der Waals surface area contributed by atoms with Crippen molar-refractivity contribution in [3.05, 3.63) is 47.3 Å². The maximum atomic E-state index is 12.5. The number of carbonyl (C=O) groups is 1. The van der Waals surface area contributed by atoms with E-state index in [9.17, 15) is 4.79 Å². The van der Waals surface area contributed by atoms with Crippen LogP contribution in [0.4, 0.5) is 5.69 Å². The van der Waals surface area contributed by atoms with Gasteiger partial charge in [0.1, 0.15) is 0 Å². The quantitative estimate of drug-likeness (QED) is 0.735. The molecule has 0 aliphatic carbocycles. The van der Waals surface area contributed by atoms with Crippen molar-refractivity contribution >= 4 is 29.1 Å². The van der Waals surface area contributed by atoms with Gasteiger partial charge >= 0.3 is 0 Å². The molecule has 0 bridgehead atoms. The Kier molecular flexibility index (Phi) is 4.44. The second-order valence-electron chi connectivity index (χ2n) is 5.13. The van der Waals surface area contributed by atoms with Crippen molar-refractivity contribution in [1.82, 2.24) is 19.6 Å². The summed E-state index contributed by atoms with van der Waals surface area (Å²) in [5.41, 5.74) is 2.90. The van der Waals surface area contributed by atoms with Gasteiger partial charge in [-0.2, -0.15) is 14.8 Å². The maximum Gasteiger partial charge on any atom is 0.259 e. The number of aryl methyl sites for hydroxylation is 2. The van der Waals surface area contributed by atoms with Crippen molar-refractivity contribution in [1.29, 1.82) is 5.26 Å². The summed E-state index contributed by atoms with van der Waals surface area (Å²) in [6, 6.07) is 9.58. The van der Waals surface area contributed by atoms with Crippen LogP contribution in [0.15, 0.2) is 35.6 Å². The van der Waals surface area contributed by atoms with Gasteiger partial charge in [-0.25, -0.2) is 4.98 Å². The summed E-state index contributed by atoms with van der Waals surface area (Å²) in [6.45, 7) is 3.77. The van der Waals surface area contributed by atoms with E-state index in [0.717, 1.165) is 5.56 Å². The van der Waals surface area contributed by atoms with Crippen LogP contribution in [0.2, 0.25) is 0 Å². The number of fused-ring (bicyclic) bond motifs is 1. The monoisotopic (exact) mass is 338 g/mol. The number of hydrogen-bond acceptors (Lipinski definition) is 6. The number of nitriles is 1. The first kappa shape index (κ1) is 16.0. The van der Waals surface area contributed by atoms with E-state index in [2.05, 4.69) is 20.4 Å². The van der Waals surface area contributed by atoms with Crippen molar-refractivity contribution in [3.63, 3.8) is 0 Å². The number of nitrogens with one attached hydrogen (secondary N) is 1. The van der Waals surface area contributed by atoms with Crippen LogP contribution in [0.25, 0.3) is 5.78 Å². The van der Waals surface area contributed by atoms with E-state index in [1.807, 2.05) is 37.3 Å². The van der Waals surface area contributed by atoms with E-state index in [1.165, 1.54) is 22.5 Å². The van der Waals surface area contributed by atoms with Crippen molar-refractivity contribution in [2.75, 3.05) is 11.1 Å². The lowest BCUT2D eigenvalue weighted by Crippen LogP contribution is -2.16. The summed E-state index contributed by atoms with van der Waals surface area (Å²) in [6.07, 6.45) is 1.49. The molecule has 0 fully saturated rings. The molecule has 1 N–H and O–H groups in total. The Hall–Kier alpha value is -2.92. The van der Waals surface area contributed by atoms with Crippen molar-refractivity contribution in [2.45, 2.75) is 19.0 Å². The summed E-state index contributed by atoms with van der Waals surface area (Å²) >= 11 is 1.23. The summed E-state index contributed by atoms with van der Waals surface area (Å²) in [4.78, 5) is 20.9. The lowest BCUT2D eigenvalue weighted by Gasteiger charge is -2.08. The lowest BCUT2D eigenvalue weighted by atomic mass is 10.2. The SMILES string of the molecule is Cc1ccc(NC(=O)c2cnc3nc(SCC#N)nn3c2C)cc1. The third-order valence-corrected chi connectivity index (χ3v) is 4.11. The Morgan fingerprint density at radius 1 is 1.33 bits per heavy atom. The number of hydrogen-bond donors (Lipinski definition) is 1. The second kappa shape index (κ2) is 6.68. The highest BCUT2D eigenvalue weighted by Crippen LogP contribution is 2.17. The van der Waals surface area contributed by atoms with Crippen LogP contribution in [0.1, 0.15) is 21.6 Å². The molecule has 0 atom stereocenters. The third-order valence-electron chi connectivity index (χ3n) is 3.41. The van der Waals surface area contributed by atoms with Crippen molar-refractivity contribution < 1.29 is 4.79 Å². The standard InChI is InChI=1S/C16H14N6OS/c1-10-3-5-12(6-4-10)19-14(23)13-9-18-15-20-16(24-8-7-17)21-22(15)11(13)2/h3-6,9H,8H2,1-2H3,(H,19,23). The van der Waals surface area contributed by atoms with Gasteiger partial charge in [-0.3, -0.25) is 4.79 Å². The summed E-state index contributed by atoms with van der Waals surface area (Å²) in [5, 5.41) is 16.2. The smallest absolute Gasteiger partial charge is 0.259 e. The minimum atomic E-state index is -0.257. The molecular formula is C16H14N6OS. The first-order valence-electron chi connectivity index (χ1n) is 7.18. The predicted molar refractivity (Wildman–Crippen MR) is 91.0 cm³/mol. The highest BCUT2D eigenvalue weighted by Gasteiger charge is 2.15. The number of thioether (sulfide) groups is 1. The van der Waals surface area contributed by atoms with Crippen molar-refractivity contribution in [2.24, 2.45) is 0 Å². The average molecular weight is 338 g/mol. The lowest BCUT2D eigenvalue weighted by molar-refractivity contribution is 0.102. The molecule has 2 aromatic heterocycles. The van der Waals surface area contributed by atoms with Gasteiger partial charge in [0.25, 0.3) is 11.7 Å². The van der Waals surface area contributed by atoms with E-state index in [1.54, 1.807) is 6.92 Å². The highest BCUT2D eigenvalue weighted by atomic mass is 32.2. The first-order chi connectivity index (χ1) is 11.6. The fourth-order valence-electron chi connectivity index (χ4n) is 2.14. The fourth-order valence-corrected chi connectivity index (χ4v) is 2.62. The zero-order valence-electron chi connectivity index (χ0n) is 13.1. The zero-order chi connectivity index (χ0) is 17.1. The fraction of sp³-hybridized carbons (Fsp3) is 0.188. The molecule has 0 aliphatic heterocycles. The summed E-state index contributed by atoms with van der Waals surface area (Å²) in [5.74, 6) is 0.406. The van der Waals surface area contributed by atoms with E-state index in [-0.39, 0.29) is 11.7 Å². The summed E-state index contributed by atoms with van der Waals surface area (Å²) < 4.78 is 1.52. The van der Waals surface area contributed by atoms with Crippen LogP contribution in [0, 0.1) is 25.2 Å². The topological polar surface area (TPSA) is 96.0 Å². The molecule has 0 unspecified atom stereocenters. The average Bonchev–Trinajstić information content (AvgIpc) is 2.99. The molecule has 120 valence electrons. The number of carbonyl (C=O) groups excluding carboxylic acids is 1. The molecule has 0 aliphatic rings. The van der Waals surface area contributed by atoms with E-state index < -0.39 is 0 Å². The van der Waals surface area contributed by atoms with Crippen LogP contribution in [0.3, 0.4) is 0 Å². The van der Waals surface area contributed by atoms with Gasteiger partial charge in [0.05, 0.1) is 23.1 Å². The first-order valence-corrected chi connectivity index (χ1v) is 8.17. The molecule has 1 amide bonds. The van der Waals surface area contributed by atoms with Crippen LogP contribution in [0.5, 0.6) is 0 Å². The Morgan fingerprint density at radius 3 is 2.79 bits per heavy atom. The van der Waals surface area contributed by atoms with Gasteiger partial charge in [0.15, 0.2) is 0 Å². The molecular weight excluding hydrogens is 324 g/mol. The molecule has 3 rings (SSSR count). The van der Waals surface area contributed by atoms with E-state index >= 15 is 0 Å². The van der Waals surface area contributed by atoms with Crippen LogP contribution < -0.4 is 5.32 Å². The van der Waals surface area contributed by atoms with Gasteiger partial charge in [0, 0.05) is 11.9 Å². The van der Waals surface area contributed by atoms with Crippen LogP contribution >= 0.6 is 11.8 Å². The van der Waals surface area contributed by atoms with E-state index in [0.29, 0.717) is 27.9 Å². The number of rotatable bonds is 4. The summed E-state index contributed by atoms with van der Waals surface area (Å²) in [7, 11) is 0. The minimum Gasteiger partial charge on any atom is -0.322 e. The molecule has 3 aromatic rings. The Labute approximate surface area is 142 Å². The third kappa shape index (κ3) is 3.21. The van der Waals surface area contributed by atoms with Gasteiger partial charge in [-0.15, -0.1) is 5.10 Å². The molecule has 0 saturated heterocycles. The maximum absolute atomic E-state index is 12.5.